The molecular formula is C14H17ClN6O. The standard InChI is InChI=1S/C14H17ClN6O/c1-7-3-9-8(6-22-2)4-12(15)19-11(9)5-10(7)20-14(18)21-13(16)17/h3-5H,6H2,1-2H3,(H6,16,17,18,20,21). The summed E-state index contributed by atoms with van der Waals surface area (Å²) in [7, 11) is 1.63. The van der Waals surface area contributed by atoms with Crippen LogP contribution in [0, 0.1) is 6.92 Å². The van der Waals surface area contributed by atoms with Crippen LogP contribution < -0.4 is 17.2 Å². The molecule has 0 fully saturated rings. The van der Waals surface area contributed by atoms with Gasteiger partial charge in [-0.3, -0.25) is 0 Å². The first-order chi connectivity index (χ1) is 10.4. The molecule has 1 heterocycles. The number of methoxy groups -OCH3 is 1. The Bertz CT molecular complexity index is 768. The Morgan fingerprint density at radius 3 is 2.64 bits per heavy atom. The van der Waals surface area contributed by atoms with Gasteiger partial charge in [0.25, 0.3) is 0 Å². The van der Waals surface area contributed by atoms with Gasteiger partial charge in [-0.2, -0.15) is 4.99 Å². The van der Waals surface area contributed by atoms with Gasteiger partial charge in [-0.05, 0) is 36.2 Å². The Labute approximate surface area is 132 Å². The molecule has 7 nitrogen and oxygen atoms in total. The van der Waals surface area contributed by atoms with Gasteiger partial charge in [0, 0.05) is 12.5 Å². The number of rotatable bonds is 3. The fraction of sp³-hybridized carbons (Fsp3) is 0.214. The molecule has 8 heteroatoms. The Kier molecular flexibility index (Phi) is 4.79. The third kappa shape index (κ3) is 3.63. The molecule has 0 amide bonds. The van der Waals surface area contributed by atoms with Crippen LogP contribution in [0.1, 0.15) is 11.1 Å². The van der Waals surface area contributed by atoms with E-state index in [0.29, 0.717) is 23.0 Å². The second kappa shape index (κ2) is 6.59. The Morgan fingerprint density at radius 2 is 2.00 bits per heavy atom. The van der Waals surface area contributed by atoms with E-state index in [0.717, 1.165) is 16.5 Å². The van der Waals surface area contributed by atoms with Gasteiger partial charge in [0.05, 0.1) is 17.8 Å². The van der Waals surface area contributed by atoms with Crippen LogP contribution in [0.3, 0.4) is 0 Å². The van der Waals surface area contributed by atoms with Crippen LogP contribution in [0.4, 0.5) is 5.69 Å². The number of halogens is 1. The lowest BCUT2D eigenvalue weighted by atomic mass is 10.1. The van der Waals surface area contributed by atoms with Crippen molar-refractivity contribution >= 4 is 40.1 Å². The monoisotopic (exact) mass is 320 g/mol. The zero-order chi connectivity index (χ0) is 16.3. The SMILES string of the molecule is COCc1cc(Cl)nc2cc(N=C(N)N=C(N)N)c(C)cc12. The quantitative estimate of drug-likeness (QED) is 0.449. The van der Waals surface area contributed by atoms with E-state index < -0.39 is 0 Å². The van der Waals surface area contributed by atoms with Crippen molar-refractivity contribution in [2.45, 2.75) is 13.5 Å². The molecule has 0 saturated heterocycles. The van der Waals surface area contributed by atoms with Crippen LogP contribution in [0.15, 0.2) is 28.2 Å². The molecule has 0 aliphatic carbocycles. The third-order valence-electron chi connectivity index (χ3n) is 2.96. The van der Waals surface area contributed by atoms with Crippen LogP contribution in [0.25, 0.3) is 10.9 Å². The molecule has 0 saturated carbocycles. The molecule has 116 valence electrons. The minimum absolute atomic E-state index is 0.0263. The van der Waals surface area contributed by atoms with Crippen LogP contribution in [0.5, 0.6) is 0 Å². The number of fused-ring (bicyclic) bond motifs is 1. The summed E-state index contributed by atoms with van der Waals surface area (Å²) in [6, 6.07) is 5.52. The molecule has 1 aromatic heterocycles. The van der Waals surface area contributed by atoms with Crippen molar-refractivity contribution in [1.82, 2.24) is 4.98 Å². The second-order valence-electron chi connectivity index (χ2n) is 4.70. The first-order valence-corrected chi connectivity index (χ1v) is 6.81. The summed E-state index contributed by atoms with van der Waals surface area (Å²) in [6.45, 7) is 2.35. The van der Waals surface area contributed by atoms with Crippen molar-refractivity contribution < 1.29 is 4.74 Å². The topological polar surface area (TPSA) is 125 Å². The smallest absolute Gasteiger partial charge is 0.223 e. The highest BCUT2D eigenvalue weighted by Crippen LogP contribution is 2.29. The summed E-state index contributed by atoms with van der Waals surface area (Å²) in [6.07, 6.45) is 0. The van der Waals surface area contributed by atoms with Gasteiger partial charge in [0.1, 0.15) is 5.15 Å². The minimum atomic E-state index is -0.150. The van der Waals surface area contributed by atoms with E-state index in [1.165, 1.54) is 0 Å². The Morgan fingerprint density at radius 1 is 1.27 bits per heavy atom. The van der Waals surface area contributed by atoms with Crippen LogP contribution in [-0.2, 0) is 11.3 Å². The fourth-order valence-corrected chi connectivity index (χ4v) is 2.30. The fourth-order valence-electron chi connectivity index (χ4n) is 2.08. The van der Waals surface area contributed by atoms with Crippen LogP contribution in [0.2, 0.25) is 5.15 Å². The molecule has 22 heavy (non-hydrogen) atoms. The predicted molar refractivity (Wildman–Crippen MR) is 89.3 cm³/mol. The highest BCUT2D eigenvalue weighted by Gasteiger charge is 2.09. The zero-order valence-corrected chi connectivity index (χ0v) is 13.1. The first kappa shape index (κ1) is 16.0. The number of nitrogens with two attached hydrogens (primary N) is 3. The second-order valence-corrected chi connectivity index (χ2v) is 5.09. The van der Waals surface area contributed by atoms with E-state index in [1.54, 1.807) is 19.2 Å². The largest absolute Gasteiger partial charge is 0.380 e. The van der Waals surface area contributed by atoms with E-state index in [2.05, 4.69) is 15.0 Å². The molecule has 0 unspecified atom stereocenters. The molecule has 2 rings (SSSR count). The summed E-state index contributed by atoms with van der Waals surface area (Å²) in [5, 5.41) is 1.33. The average Bonchev–Trinajstić information content (AvgIpc) is 2.40. The van der Waals surface area contributed by atoms with Gasteiger partial charge in [-0.15, -0.1) is 0 Å². The van der Waals surface area contributed by atoms with Crippen molar-refractivity contribution in [2.24, 2.45) is 27.2 Å². The van der Waals surface area contributed by atoms with Gasteiger partial charge in [-0.1, -0.05) is 11.6 Å². The predicted octanol–water partition coefficient (Wildman–Crippen LogP) is 1.56. The van der Waals surface area contributed by atoms with E-state index in [-0.39, 0.29) is 11.9 Å². The highest BCUT2D eigenvalue weighted by atomic mass is 35.5. The summed E-state index contributed by atoms with van der Waals surface area (Å²) in [4.78, 5) is 12.2. The van der Waals surface area contributed by atoms with Crippen molar-refractivity contribution in [3.8, 4) is 0 Å². The molecule has 1 aromatic carbocycles. The van der Waals surface area contributed by atoms with Gasteiger partial charge < -0.3 is 21.9 Å². The number of aryl methyl sites for hydroxylation is 1. The summed E-state index contributed by atoms with van der Waals surface area (Å²) in [5.41, 5.74) is 19.4. The number of hydrogen-bond acceptors (Lipinski definition) is 3. The number of guanidine groups is 2. The van der Waals surface area contributed by atoms with Crippen molar-refractivity contribution in [3.05, 3.63) is 34.5 Å². The van der Waals surface area contributed by atoms with E-state index in [4.69, 9.17) is 33.5 Å². The number of nitrogens with zero attached hydrogens (tertiary/aromatic N) is 3. The maximum atomic E-state index is 6.04. The lowest BCUT2D eigenvalue weighted by Gasteiger charge is -2.09. The molecule has 6 N–H and O–H groups in total. The molecule has 0 aliphatic heterocycles. The number of benzene rings is 1. The lowest BCUT2D eigenvalue weighted by molar-refractivity contribution is 0.186. The van der Waals surface area contributed by atoms with E-state index >= 15 is 0 Å². The molecule has 0 radical (unpaired) electrons. The lowest BCUT2D eigenvalue weighted by Crippen LogP contribution is -2.26. The van der Waals surface area contributed by atoms with Gasteiger partial charge in [-0.25, -0.2) is 9.98 Å². The first-order valence-electron chi connectivity index (χ1n) is 6.43. The molecule has 0 bridgehead atoms. The van der Waals surface area contributed by atoms with E-state index in [9.17, 15) is 0 Å². The molecule has 0 spiro atoms. The van der Waals surface area contributed by atoms with Crippen molar-refractivity contribution in [3.63, 3.8) is 0 Å². The number of pyridine rings is 1. The molecule has 2 aromatic rings. The molecular weight excluding hydrogens is 304 g/mol. The maximum absolute atomic E-state index is 6.04. The molecule has 0 aliphatic rings. The summed E-state index contributed by atoms with van der Waals surface area (Å²) < 4.78 is 5.19. The number of ether oxygens (including phenoxy) is 1. The van der Waals surface area contributed by atoms with Gasteiger partial charge in [0.2, 0.25) is 5.96 Å². The highest BCUT2D eigenvalue weighted by molar-refractivity contribution is 6.30. The average molecular weight is 321 g/mol. The third-order valence-corrected chi connectivity index (χ3v) is 3.15. The number of hydrogen-bond donors (Lipinski definition) is 3. The van der Waals surface area contributed by atoms with Crippen molar-refractivity contribution in [2.75, 3.05) is 7.11 Å². The van der Waals surface area contributed by atoms with Crippen LogP contribution in [-0.4, -0.2) is 24.0 Å². The minimum Gasteiger partial charge on any atom is -0.380 e. The summed E-state index contributed by atoms with van der Waals surface area (Å²) >= 11 is 6.04. The number of aliphatic imine (C=N–C) groups is 2. The Hall–Kier alpha value is -2.38. The normalized spacial score (nSPS) is 11.7. The van der Waals surface area contributed by atoms with E-state index in [1.807, 2.05) is 13.0 Å². The Balaban J connectivity index is 2.60. The summed E-state index contributed by atoms with van der Waals surface area (Å²) in [5.74, 6) is -0.176. The molecule has 0 atom stereocenters. The van der Waals surface area contributed by atoms with Crippen LogP contribution >= 0.6 is 11.6 Å². The van der Waals surface area contributed by atoms with Gasteiger partial charge in [0.15, 0.2) is 5.96 Å². The maximum Gasteiger partial charge on any atom is 0.223 e. The van der Waals surface area contributed by atoms with Gasteiger partial charge >= 0.3 is 0 Å². The zero-order valence-electron chi connectivity index (χ0n) is 12.3. The number of aromatic nitrogens is 1. The van der Waals surface area contributed by atoms with Crippen molar-refractivity contribution in [1.29, 1.82) is 0 Å².